The molecule has 1 fully saturated rings. The van der Waals surface area contributed by atoms with E-state index in [0.29, 0.717) is 22.8 Å². The summed E-state index contributed by atoms with van der Waals surface area (Å²) in [6.07, 6.45) is 4.02. The van der Waals surface area contributed by atoms with Gasteiger partial charge in [-0.2, -0.15) is 4.98 Å². The molecule has 1 aliphatic rings. The number of carbonyl (C=O) groups is 1. The fourth-order valence-electron chi connectivity index (χ4n) is 3.65. The first-order valence-corrected chi connectivity index (χ1v) is 9.64. The van der Waals surface area contributed by atoms with Gasteiger partial charge in [-0.05, 0) is 54.4 Å². The number of aromatic nitrogens is 2. The monoisotopic (exact) mass is 355 g/mol. The van der Waals surface area contributed by atoms with Crippen LogP contribution in [-0.2, 0) is 6.42 Å². The van der Waals surface area contributed by atoms with Crippen molar-refractivity contribution in [3.05, 3.63) is 35.7 Å². The Kier molecular flexibility index (Phi) is 5.44. The van der Waals surface area contributed by atoms with E-state index >= 15 is 0 Å². The van der Waals surface area contributed by atoms with Crippen molar-refractivity contribution in [3.63, 3.8) is 0 Å². The van der Waals surface area contributed by atoms with Crippen molar-refractivity contribution in [2.75, 3.05) is 6.54 Å². The zero-order valence-electron chi connectivity index (χ0n) is 16.2. The summed E-state index contributed by atoms with van der Waals surface area (Å²) in [6.45, 7) is 9.75. The van der Waals surface area contributed by atoms with E-state index in [1.807, 2.05) is 24.3 Å². The maximum atomic E-state index is 12.3. The summed E-state index contributed by atoms with van der Waals surface area (Å²) in [7, 11) is 0. The van der Waals surface area contributed by atoms with E-state index in [1.165, 1.54) is 0 Å². The standard InChI is InChI=1S/C21H29N3O2/c1-5-6-7-18-23-20(26-24-18)16-10-8-15(9-11-16)19(25)22-13-12-17-14(2)21(17,3)4/h8-11,14,17H,5-7,12-13H2,1-4H3,(H,22,25)/t14-,17+/m0/s1. The Balaban J connectivity index is 1.52. The first-order chi connectivity index (χ1) is 12.4. The van der Waals surface area contributed by atoms with Gasteiger partial charge in [-0.25, -0.2) is 0 Å². The molecule has 0 spiro atoms. The lowest BCUT2D eigenvalue weighted by Gasteiger charge is -2.06. The second-order valence-corrected chi connectivity index (χ2v) is 7.96. The third-order valence-electron chi connectivity index (χ3n) is 5.98. The van der Waals surface area contributed by atoms with Crippen LogP contribution in [0.25, 0.3) is 11.5 Å². The molecule has 1 aromatic heterocycles. The maximum absolute atomic E-state index is 12.3. The van der Waals surface area contributed by atoms with Crippen LogP contribution in [0.3, 0.4) is 0 Å². The van der Waals surface area contributed by atoms with Crippen molar-refractivity contribution in [1.29, 1.82) is 0 Å². The van der Waals surface area contributed by atoms with Crippen LogP contribution < -0.4 is 5.32 Å². The largest absolute Gasteiger partial charge is 0.352 e. The molecule has 2 aromatic rings. The Morgan fingerprint density at radius 3 is 2.58 bits per heavy atom. The van der Waals surface area contributed by atoms with Crippen molar-refractivity contribution in [1.82, 2.24) is 15.5 Å². The topological polar surface area (TPSA) is 68.0 Å². The van der Waals surface area contributed by atoms with Crippen molar-refractivity contribution in [2.24, 2.45) is 17.3 Å². The zero-order valence-corrected chi connectivity index (χ0v) is 16.2. The molecule has 5 heteroatoms. The predicted octanol–water partition coefficient (Wildman–Crippen LogP) is 4.49. The number of aryl methyl sites for hydroxylation is 1. The lowest BCUT2D eigenvalue weighted by Crippen LogP contribution is -2.25. The average molecular weight is 355 g/mol. The van der Waals surface area contributed by atoms with Gasteiger partial charge in [-0.15, -0.1) is 0 Å². The molecule has 0 radical (unpaired) electrons. The van der Waals surface area contributed by atoms with Gasteiger partial charge in [0, 0.05) is 24.1 Å². The van der Waals surface area contributed by atoms with E-state index < -0.39 is 0 Å². The molecule has 0 bridgehead atoms. The molecule has 2 atom stereocenters. The van der Waals surface area contributed by atoms with Gasteiger partial charge in [0.15, 0.2) is 5.82 Å². The molecule has 0 aliphatic heterocycles. The van der Waals surface area contributed by atoms with Crippen molar-refractivity contribution in [3.8, 4) is 11.5 Å². The Bertz CT molecular complexity index is 749. The van der Waals surface area contributed by atoms with E-state index in [9.17, 15) is 4.79 Å². The lowest BCUT2D eigenvalue weighted by atomic mass is 10.1. The van der Waals surface area contributed by atoms with Crippen LogP contribution in [0.2, 0.25) is 0 Å². The summed E-state index contributed by atoms with van der Waals surface area (Å²) < 4.78 is 5.31. The third-order valence-corrected chi connectivity index (χ3v) is 5.98. The predicted molar refractivity (Wildman–Crippen MR) is 102 cm³/mol. The minimum atomic E-state index is -0.0307. The van der Waals surface area contributed by atoms with Gasteiger partial charge in [0.05, 0.1) is 0 Å². The van der Waals surface area contributed by atoms with Crippen LogP contribution >= 0.6 is 0 Å². The maximum Gasteiger partial charge on any atom is 0.257 e. The average Bonchev–Trinajstić information content (AvgIpc) is 2.99. The molecule has 3 rings (SSSR count). The molecule has 1 aliphatic carbocycles. The Morgan fingerprint density at radius 2 is 1.96 bits per heavy atom. The SMILES string of the molecule is CCCCc1noc(-c2ccc(C(=O)NCC[C@@H]3[C@H](C)C3(C)C)cc2)n1. The van der Waals surface area contributed by atoms with Gasteiger partial charge in [-0.1, -0.05) is 39.3 Å². The second-order valence-electron chi connectivity index (χ2n) is 7.96. The number of nitrogens with one attached hydrogen (secondary N) is 1. The molecule has 0 saturated heterocycles. The van der Waals surface area contributed by atoms with Crippen molar-refractivity contribution >= 4 is 5.91 Å². The van der Waals surface area contributed by atoms with Crippen LogP contribution in [0.5, 0.6) is 0 Å². The molecule has 5 nitrogen and oxygen atoms in total. The van der Waals surface area contributed by atoms with Crippen LogP contribution in [0.4, 0.5) is 0 Å². The first kappa shape index (κ1) is 18.6. The van der Waals surface area contributed by atoms with Crippen LogP contribution in [-0.4, -0.2) is 22.6 Å². The number of benzene rings is 1. The summed E-state index contributed by atoms with van der Waals surface area (Å²) in [6, 6.07) is 7.34. The highest BCUT2D eigenvalue weighted by Crippen LogP contribution is 2.59. The van der Waals surface area contributed by atoms with E-state index in [4.69, 9.17) is 4.52 Å². The highest BCUT2D eigenvalue weighted by atomic mass is 16.5. The molecular weight excluding hydrogens is 326 g/mol. The number of nitrogens with zero attached hydrogens (tertiary/aromatic N) is 2. The van der Waals surface area contributed by atoms with Crippen molar-refractivity contribution in [2.45, 2.75) is 53.4 Å². The molecule has 1 saturated carbocycles. The highest BCUT2D eigenvalue weighted by molar-refractivity contribution is 5.94. The molecule has 1 heterocycles. The van der Waals surface area contributed by atoms with Crippen molar-refractivity contribution < 1.29 is 9.32 Å². The summed E-state index contributed by atoms with van der Waals surface area (Å²) in [5, 5.41) is 7.03. The molecule has 1 N–H and O–H groups in total. The Hall–Kier alpha value is -2.17. The van der Waals surface area contributed by atoms with Crippen LogP contribution in [0, 0.1) is 17.3 Å². The van der Waals surface area contributed by atoms with E-state index in [2.05, 4.69) is 43.2 Å². The second kappa shape index (κ2) is 7.60. The smallest absolute Gasteiger partial charge is 0.257 e. The quantitative estimate of drug-likeness (QED) is 0.757. The lowest BCUT2D eigenvalue weighted by molar-refractivity contribution is 0.0952. The van der Waals surface area contributed by atoms with E-state index in [0.717, 1.165) is 49.5 Å². The van der Waals surface area contributed by atoms with Crippen LogP contribution in [0.15, 0.2) is 28.8 Å². The molecular formula is C21H29N3O2. The number of rotatable bonds is 8. The van der Waals surface area contributed by atoms with Gasteiger partial charge in [0.1, 0.15) is 0 Å². The molecule has 1 aromatic carbocycles. The minimum absolute atomic E-state index is 0.0307. The number of amides is 1. The van der Waals surface area contributed by atoms with Gasteiger partial charge in [0.25, 0.3) is 11.8 Å². The zero-order chi connectivity index (χ0) is 18.7. The summed E-state index contributed by atoms with van der Waals surface area (Å²) in [5.41, 5.74) is 1.92. The summed E-state index contributed by atoms with van der Waals surface area (Å²) in [5.74, 6) is 2.67. The third kappa shape index (κ3) is 3.97. The first-order valence-electron chi connectivity index (χ1n) is 9.64. The van der Waals surface area contributed by atoms with Gasteiger partial charge < -0.3 is 9.84 Å². The number of hydrogen-bond donors (Lipinski definition) is 1. The number of hydrogen-bond acceptors (Lipinski definition) is 4. The summed E-state index contributed by atoms with van der Waals surface area (Å²) in [4.78, 5) is 16.7. The molecule has 0 unspecified atom stereocenters. The highest BCUT2D eigenvalue weighted by Gasteiger charge is 2.53. The van der Waals surface area contributed by atoms with E-state index in [1.54, 1.807) is 0 Å². The Labute approximate surface area is 155 Å². The number of unbranched alkanes of at least 4 members (excludes halogenated alkanes) is 1. The minimum Gasteiger partial charge on any atom is -0.352 e. The normalized spacial score (nSPS) is 20.8. The molecule has 140 valence electrons. The summed E-state index contributed by atoms with van der Waals surface area (Å²) >= 11 is 0. The Morgan fingerprint density at radius 1 is 1.27 bits per heavy atom. The van der Waals surface area contributed by atoms with Crippen LogP contribution in [0.1, 0.15) is 63.1 Å². The fraction of sp³-hybridized carbons (Fsp3) is 0.571. The van der Waals surface area contributed by atoms with Gasteiger partial charge >= 0.3 is 0 Å². The number of carbonyl (C=O) groups excluding carboxylic acids is 1. The van der Waals surface area contributed by atoms with Gasteiger partial charge in [0.2, 0.25) is 0 Å². The van der Waals surface area contributed by atoms with Gasteiger partial charge in [-0.3, -0.25) is 4.79 Å². The fourth-order valence-corrected chi connectivity index (χ4v) is 3.65. The molecule has 1 amide bonds. The molecule has 26 heavy (non-hydrogen) atoms. The van der Waals surface area contributed by atoms with E-state index in [-0.39, 0.29) is 5.91 Å².